The van der Waals surface area contributed by atoms with E-state index in [1.807, 2.05) is 0 Å². The molecule has 1 aromatic heterocycles. The summed E-state index contributed by atoms with van der Waals surface area (Å²) in [5, 5.41) is 0. The Morgan fingerprint density at radius 1 is 1.69 bits per heavy atom. The van der Waals surface area contributed by atoms with Crippen LogP contribution in [-0.4, -0.2) is 24.1 Å². The van der Waals surface area contributed by atoms with Gasteiger partial charge in [0.2, 0.25) is 5.91 Å². The van der Waals surface area contributed by atoms with Crippen molar-refractivity contribution in [1.82, 2.24) is 4.98 Å². The van der Waals surface area contributed by atoms with Crippen molar-refractivity contribution in [1.29, 1.82) is 0 Å². The quantitative estimate of drug-likeness (QED) is 0.708. The zero-order valence-corrected chi connectivity index (χ0v) is 7.40. The minimum atomic E-state index is -0.547. The second-order valence-electron chi connectivity index (χ2n) is 2.57. The average molecular weight is 182 g/mol. The summed E-state index contributed by atoms with van der Waals surface area (Å²) in [5.41, 5.74) is 0.632. The fourth-order valence-corrected chi connectivity index (χ4v) is 1.07. The number of carbonyl (C=O) groups is 1. The van der Waals surface area contributed by atoms with Crippen molar-refractivity contribution in [2.45, 2.75) is 6.92 Å². The van der Waals surface area contributed by atoms with Crippen molar-refractivity contribution < 1.29 is 9.18 Å². The summed E-state index contributed by atoms with van der Waals surface area (Å²) in [7, 11) is 0. The van der Waals surface area contributed by atoms with Gasteiger partial charge in [0.25, 0.3) is 0 Å². The van der Waals surface area contributed by atoms with Gasteiger partial charge < -0.3 is 4.90 Å². The van der Waals surface area contributed by atoms with Gasteiger partial charge in [0.15, 0.2) is 0 Å². The number of hydrogen-bond donors (Lipinski definition) is 0. The topological polar surface area (TPSA) is 33.2 Å². The van der Waals surface area contributed by atoms with Gasteiger partial charge in [0, 0.05) is 13.1 Å². The normalized spacial score (nSPS) is 9.69. The third kappa shape index (κ3) is 2.50. The predicted octanol–water partition coefficient (Wildman–Crippen LogP) is 1.40. The lowest BCUT2D eigenvalue weighted by Gasteiger charge is -2.18. The molecule has 70 valence electrons. The second-order valence-corrected chi connectivity index (χ2v) is 2.57. The van der Waals surface area contributed by atoms with Gasteiger partial charge in [0.05, 0.1) is 18.4 Å². The van der Waals surface area contributed by atoms with Crippen LogP contribution in [0.25, 0.3) is 0 Å². The molecule has 0 spiro atoms. The Labute approximate surface area is 76.2 Å². The summed E-state index contributed by atoms with van der Waals surface area (Å²) < 4.78 is 12.1. The number of nitrogens with zero attached hydrogens (tertiary/aromatic N) is 2. The Hall–Kier alpha value is -1.45. The van der Waals surface area contributed by atoms with Gasteiger partial charge in [-0.05, 0) is 12.1 Å². The number of hydrogen-bond acceptors (Lipinski definition) is 2. The Kier molecular flexibility index (Phi) is 3.37. The molecular formula is C9H11FN2O. The highest BCUT2D eigenvalue weighted by Crippen LogP contribution is 2.11. The van der Waals surface area contributed by atoms with Crippen molar-refractivity contribution in [3.8, 4) is 0 Å². The first-order valence-corrected chi connectivity index (χ1v) is 4.00. The summed E-state index contributed by atoms with van der Waals surface area (Å²) >= 11 is 0. The zero-order chi connectivity index (χ0) is 9.68. The van der Waals surface area contributed by atoms with E-state index in [0.717, 1.165) is 0 Å². The Morgan fingerprint density at radius 3 is 2.92 bits per heavy atom. The molecule has 1 aromatic rings. The molecule has 4 heteroatoms. The van der Waals surface area contributed by atoms with Gasteiger partial charge >= 0.3 is 0 Å². The monoisotopic (exact) mass is 182 g/mol. The maximum absolute atomic E-state index is 12.1. The highest BCUT2D eigenvalue weighted by atomic mass is 19.1. The minimum absolute atomic E-state index is 0.0844. The first kappa shape index (κ1) is 9.64. The van der Waals surface area contributed by atoms with Gasteiger partial charge in [0.1, 0.15) is 6.67 Å². The van der Waals surface area contributed by atoms with Crippen LogP contribution in [-0.2, 0) is 4.79 Å². The number of alkyl halides is 1. The first-order valence-electron chi connectivity index (χ1n) is 4.00. The molecule has 0 N–H and O–H groups in total. The molecule has 0 aliphatic carbocycles. The van der Waals surface area contributed by atoms with Gasteiger partial charge in [-0.1, -0.05) is 0 Å². The highest BCUT2D eigenvalue weighted by Gasteiger charge is 2.09. The molecule has 0 aliphatic heterocycles. The molecule has 1 amide bonds. The lowest BCUT2D eigenvalue weighted by molar-refractivity contribution is -0.116. The van der Waals surface area contributed by atoms with E-state index in [0.29, 0.717) is 5.69 Å². The van der Waals surface area contributed by atoms with Gasteiger partial charge in [-0.25, -0.2) is 4.39 Å². The van der Waals surface area contributed by atoms with Crippen molar-refractivity contribution in [3.05, 3.63) is 24.5 Å². The van der Waals surface area contributed by atoms with Crippen molar-refractivity contribution in [3.63, 3.8) is 0 Å². The van der Waals surface area contributed by atoms with E-state index in [1.54, 1.807) is 18.3 Å². The lowest BCUT2D eigenvalue weighted by Crippen LogP contribution is -2.30. The fourth-order valence-electron chi connectivity index (χ4n) is 1.07. The molecule has 3 nitrogen and oxygen atoms in total. The summed E-state index contributed by atoms with van der Waals surface area (Å²) in [4.78, 5) is 16.3. The third-order valence-electron chi connectivity index (χ3n) is 1.65. The van der Waals surface area contributed by atoms with Gasteiger partial charge in [-0.15, -0.1) is 0 Å². The van der Waals surface area contributed by atoms with E-state index in [4.69, 9.17) is 0 Å². The average Bonchev–Trinajstić information content (AvgIpc) is 2.15. The van der Waals surface area contributed by atoms with Crippen LogP contribution in [0.3, 0.4) is 0 Å². The maximum Gasteiger partial charge on any atom is 0.223 e. The van der Waals surface area contributed by atoms with E-state index in [2.05, 4.69) is 4.98 Å². The highest BCUT2D eigenvalue weighted by molar-refractivity contribution is 5.91. The van der Waals surface area contributed by atoms with E-state index in [1.165, 1.54) is 18.0 Å². The van der Waals surface area contributed by atoms with E-state index >= 15 is 0 Å². The Bertz CT molecular complexity index is 276. The van der Waals surface area contributed by atoms with Crippen LogP contribution in [0.5, 0.6) is 0 Å². The number of amides is 1. The van der Waals surface area contributed by atoms with Crippen molar-refractivity contribution >= 4 is 11.6 Å². The van der Waals surface area contributed by atoms with E-state index in [-0.39, 0.29) is 12.5 Å². The number of halogens is 1. The van der Waals surface area contributed by atoms with Crippen LogP contribution < -0.4 is 4.90 Å². The van der Waals surface area contributed by atoms with Gasteiger partial charge in [-0.2, -0.15) is 0 Å². The fraction of sp³-hybridized carbons (Fsp3) is 0.333. The van der Waals surface area contributed by atoms with E-state index < -0.39 is 6.67 Å². The smallest absolute Gasteiger partial charge is 0.223 e. The molecule has 0 fully saturated rings. The lowest BCUT2D eigenvalue weighted by atomic mass is 10.3. The third-order valence-corrected chi connectivity index (χ3v) is 1.65. The molecule has 0 aromatic carbocycles. The standard InChI is InChI=1S/C9H11FN2O/c1-8(13)12(6-4-10)9-3-2-5-11-7-9/h2-3,5,7H,4,6H2,1H3. The maximum atomic E-state index is 12.1. The molecular weight excluding hydrogens is 171 g/mol. The largest absolute Gasteiger partial charge is 0.309 e. The number of rotatable bonds is 3. The Balaban J connectivity index is 2.82. The molecule has 0 aliphatic rings. The molecule has 0 atom stereocenters. The molecule has 1 rings (SSSR count). The molecule has 13 heavy (non-hydrogen) atoms. The number of anilines is 1. The molecule has 0 saturated heterocycles. The summed E-state index contributed by atoms with van der Waals surface area (Å²) in [6.07, 6.45) is 3.15. The van der Waals surface area contributed by atoms with Crippen LogP contribution in [0.1, 0.15) is 6.92 Å². The van der Waals surface area contributed by atoms with Gasteiger partial charge in [-0.3, -0.25) is 9.78 Å². The van der Waals surface area contributed by atoms with E-state index in [9.17, 15) is 9.18 Å². The van der Waals surface area contributed by atoms with Crippen LogP contribution in [0.4, 0.5) is 10.1 Å². The SMILES string of the molecule is CC(=O)N(CCF)c1cccnc1. The molecule has 0 bridgehead atoms. The zero-order valence-electron chi connectivity index (χ0n) is 7.40. The van der Waals surface area contributed by atoms with Crippen molar-refractivity contribution in [2.75, 3.05) is 18.1 Å². The summed E-state index contributed by atoms with van der Waals surface area (Å²) in [6, 6.07) is 3.44. The molecule has 0 radical (unpaired) electrons. The van der Waals surface area contributed by atoms with Crippen LogP contribution >= 0.6 is 0 Å². The van der Waals surface area contributed by atoms with Crippen molar-refractivity contribution in [2.24, 2.45) is 0 Å². The Morgan fingerprint density at radius 2 is 2.46 bits per heavy atom. The van der Waals surface area contributed by atoms with Crippen LogP contribution in [0.2, 0.25) is 0 Å². The summed E-state index contributed by atoms with van der Waals surface area (Å²) in [6.45, 7) is 0.943. The number of carbonyl (C=O) groups excluding carboxylic acids is 1. The summed E-state index contributed by atoms with van der Waals surface area (Å²) in [5.74, 6) is -0.175. The van der Waals surface area contributed by atoms with Crippen LogP contribution in [0, 0.1) is 0 Å². The first-order chi connectivity index (χ1) is 6.25. The second kappa shape index (κ2) is 4.54. The minimum Gasteiger partial charge on any atom is -0.309 e. The predicted molar refractivity (Wildman–Crippen MR) is 48.2 cm³/mol. The molecule has 0 unspecified atom stereocenters. The molecule has 1 heterocycles. The number of aromatic nitrogens is 1. The molecule has 0 saturated carbocycles. The van der Waals surface area contributed by atoms with Crippen LogP contribution in [0.15, 0.2) is 24.5 Å². The number of pyridine rings is 1.